The molecule has 4 nitrogen and oxygen atoms in total. The Morgan fingerprint density at radius 2 is 1.89 bits per heavy atom. The summed E-state index contributed by atoms with van der Waals surface area (Å²) in [6.45, 7) is 3.36. The van der Waals surface area contributed by atoms with Crippen molar-refractivity contribution in [1.82, 2.24) is 4.90 Å². The maximum atomic E-state index is 12.7. The fraction of sp³-hybridized carbons (Fsp3) is 0.571. The lowest BCUT2D eigenvalue weighted by Gasteiger charge is -2.37. The van der Waals surface area contributed by atoms with Crippen molar-refractivity contribution >= 4 is 0 Å². The second-order valence-electron chi connectivity index (χ2n) is 5.07. The number of nitrogens with two attached hydrogens (primary N) is 1. The number of likely N-dealkylation sites (tertiary alicyclic amines) is 1. The topological polar surface area (TPSA) is 58.7 Å². The smallest absolute Gasteiger partial charge is 0.123 e. The van der Waals surface area contributed by atoms with E-state index in [1.54, 1.807) is 12.1 Å². The zero-order valence-corrected chi connectivity index (χ0v) is 11.0. The molecule has 1 aromatic carbocycles. The number of benzene rings is 1. The minimum absolute atomic E-state index is 0.260. The van der Waals surface area contributed by atoms with Gasteiger partial charge >= 0.3 is 0 Å². The molecule has 5 heteroatoms. The molecule has 1 heterocycles. The Morgan fingerprint density at radius 1 is 1.26 bits per heavy atom. The molecule has 1 aliphatic rings. The fourth-order valence-electron chi connectivity index (χ4n) is 2.22. The summed E-state index contributed by atoms with van der Waals surface area (Å²) in [6, 6.07) is 6.02. The Kier molecular flexibility index (Phi) is 4.74. The van der Waals surface area contributed by atoms with Gasteiger partial charge in [0.05, 0.1) is 5.60 Å². The molecule has 106 valence electrons. The SMILES string of the molecule is NCC1(O)CCN(CCOc2ccc(F)cc2)CC1. The number of rotatable bonds is 5. The van der Waals surface area contributed by atoms with Crippen LogP contribution in [0.4, 0.5) is 4.39 Å². The Bertz CT molecular complexity index is 389. The van der Waals surface area contributed by atoms with Crippen LogP contribution in [0.25, 0.3) is 0 Å². The van der Waals surface area contributed by atoms with Gasteiger partial charge < -0.3 is 15.6 Å². The maximum absolute atomic E-state index is 12.7. The van der Waals surface area contributed by atoms with E-state index < -0.39 is 5.60 Å². The Balaban J connectivity index is 1.68. The Hall–Kier alpha value is -1.17. The van der Waals surface area contributed by atoms with Gasteiger partial charge in [0.25, 0.3) is 0 Å². The summed E-state index contributed by atoms with van der Waals surface area (Å²) in [5.74, 6) is 0.418. The van der Waals surface area contributed by atoms with Crippen molar-refractivity contribution in [2.75, 3.05) is 32.8 Å². The molecule has 1 aliphatic heterocycles. The first-order chi connectivity index (χ1) is 9.11. The molecule has 0 aliphatic carbocycles. The summed E-state index contributed by atoms with van der Waals surface area (Å²) in [7, 11) is 0. The van der Waals surface area contributed by atoms with E-state index in [0.717, 1.165) is 19.6 Å². The summed E-state index contributed by atoms with van der Waals surface area (Å²) >= 11 is 0. The van der Waals surface area contributed by atoms with Crippen molar-refractivity contribution in [3.05, 3.63) is 30.1 Å². The largest absolute Gasteiger partial charge is 0.492 e. The van der Waals surface area contributed by atoms with Crippen LogP contribution >= 0.6 is 0 Å². The van der Waals surface area contributed by atoms with Gasteiger partial charge in [-0.2, -0.15) is 0 Å². The van der Waals surface area contributed by atoms with Gasteiger partial charge in [-0.25, -0.2) is 4.39 Å². The van der Waals surface area contributed by atoms with Gasteiger partial charge in [0.1, 0.15) is 18.2 Å². The molecule has 1 saturated heterocycles. The van der Waals surface area contributed by atoms with Gasteiger partial charge in [-0.3, -0.25) is 4.90 Å². The van der Waals surface area contributed by atoms with Gasteiger partial charge in [0.15, 0.2) is 0 Å². The number of piperidine rings is 1. The van der Waals surface area contributed by atoms with Crippen molar-refractivity contribution in [2.45, 2.75) is 18.4 Å². The van der Waals surface area contributed by atoms with Crippen molar-refractivity contribution in [2.24, 2.45) is 5.73 Å². The predicted molar refractivity (Wildman–Crippen MR) is 71.6 cm³/mol. The van der Waals surface area contributed by atoms with Crippen LogP contribution in [0.5, 0.6) is 5.75 Å². The average molecular weight is 268 g/mol. The van der Waals surface area contributed by atoms with E-state index in [2.05, 4.69) is 4.90 Å². The number of hydrogen-bond donors (Lipinski definition) is 2. The van der Waals surface area contributed by atoms with Crippen LogP contribution in [0.2, 0.25) is 0 Å². The summed E-state index contributed by atoms with van der Waals surface area (Å²) < 4.78 is 18.3. The van der Waals surface area contributed by atoms with Crippen molar-refractivity contribution in [3.63, 3.8) is 0 Å². The first-order valence-corrected chi connectivity index (χ1v) is 6.64. The van der Waals surface area contributed by atoms with Crippen molar-refractivity contribution in [1.29, 1.82) is 0 Å². The van der Waals surface area contributed by atoms with E-state index in [-0.39, 0.29) is 5.82 Å². The molecule has 3 N–H and O–H groups in total. The van der Waals surface area contributed by atoms with E-state index in [1.165, 1.54) is 12.1 Å². The minimum Gasteiger partial charge on any atom is -0.492 e. The standard InChI is InChI=1S/C14H21FN2O2/c15-12-1-3-13(4-2-12)19-10-9-17-7-5-14(18,11-16)6-8-17/h1-4,18H,5-11,16H2. The predicted octanol–water partition coefficient (Wildman–Crippen LogP) is 0.990. The lowest BCUT2D eigenvalue weighted by Crippen LogP contribution is -2.49. The molecule has 19 heavy (non-hydrogen) atoms. The van der Waals surface area contributed by atoms with Gasteiger partial charge in [-0.05, 0) is 37.1 Å². The molecular formula is C14H21FN2O2. The van der Waals surface area contributed by atoms with Gasteiger partial charge in [0, 0.05) is 26.2 Å². The van der Waals surface area contributed by atoms with Crippen LogP contribution in [0.15, 0.2) is 24.3 Å². The van der Waals surface area contributed by atoms with Crippen molar-refractivity contribution < 1.29 is 14.2 Å². The highest BCUT2D eigenvalue weighted by Crippen LogP contribution is 2.20. The second-order valence-corrected chi connectivity index (χ2v) is 5.07. The van der Waals surface area contributed by atoms with Crippen LogP contribution in [-0.2, 0) is 0 Å². The third-order valence-corrected chi connectivity index (χ3v) is 3.66. The first kappa shape index (κ1) is 14.2. The molecule has 1 fully saturated rings. The lowest BCUT2D eigenvalue weighted by molar-refractivity contribution is -0.0155. The van der Waals surface area contributed by atoms with Crippen LogP contribution in [0.1, 0.15) is 12.8 Å². The van der Waals surface area contributed by atoms with Gasteiger partial charge in [-0.15, -0.1) is 0 Å². The highest BCUT2D eigenvalue weighted by Gasteiger charge is 2.30. The Morgan fingerprint density at radius 3 is 2.47 bits per heavy atom. The quantitative estimate of drug-likeness (QED) is 0.836. The van der Waals surface area contributed by atoms with Crippen LogP contribution in [0, 0.1) is 5.82 Å². The van der Waals surface area contributed by atoms with Gasteiger partial charge in [-0.1, -0.05) is 0 Å². The van der Waals surface area contributed by atoms with Crippen LogP contribution < -0.4 is 10.5 Å². The highest BCUT2D eigenvalue weighted by molar-refractivity contribution is 5.21. The summed E-state index contributed by atoms with van der Waals surface area (Å²) in [6.07, 6.45) is 1.42. The second kappa shape index (κ2) is 6.32. The monoisotopic (exact) mass is 268 g/mol. The third-order valence-electron chi connectivity index (χ3n) is 3.66. The highest BCUT2D eigenvalue weighted by atomic mass is 19.1. The maximum Gasteiger partial charge on any atom is 0.123 e. The fourth-order valence-corrected chi connectivity index (χ4v) is 2.22. The lowest BCUT2D eigenvalue weighted by atomic mass is 9.92. The zero-order chi connectivity index (χ0) is 13.7. The molecule has 0 atom stereocenters. The number of aliphatic hydroxyl groups is 1. The molecule has 1 aromatic rings. The molecule has 0 saturated carbocycles. The molecule has 0 amide bonds. The molecule has 0 bridgehead atoms. The number of nitrogens with zero attached hydrogens (tertiary/aromatic N) is 1. The normalized spacial score (nSPS) is 19.3. The van der Waals surface area contributed by atoms with E-state index >= 15 is 0 Å². The zero-order valence-electron chi connectivity index (χ0n) is 11.0. The molecule has 2 rings (SSSR count). The van der Waals surface area contributed by atoms with Crippen molar-refractivity contribution in [3.8, 4) is 5.75 Å². The molecule has 0 unspecified atom stereocenters. The summed E-state index contributed by atoms with van der Waals surface area (Å²) in [5.41, 5.74) is 4.86. The molecule has 0 aromatic heterocycles. The number of halogens is 1. The molecule has 0 radical (unpaired) electrons. The number of hydrogen-bond acceptors (Lipinski definition) is 4. The summed E-state index contributed by atoms with van der Waals surface area (Å²) in [5, 5.41) is 10.0. The van der Waals surface area contributed by atoms with Crippen LogP contribution in [0.3, 0.4) is 0 Å². The van der Waals surface area contributed by atoms with E-state index in [9.17, 15) is 9.50 Å². The van der Waals surface area contributed by atoms with E-state index in [0.29, 0.717) is 31.7 Å². The average Bonchev–Trinajstić information content (AvgIpc) is 2.43. The summed E-state index contributed by atoms with van der Waals surface area (Å²) in [4.78, 5) is 2.24. The van der Waals surface area contributed by atoms with Crippen LogP contribution in [-0.4, -0.2) is 48.4 Å². The molecular weight excluding hydrogens is 247 g/mol. The number of ether oxygens (including phenoxy) is 1. The van der Waals surface area contributed by atoms with E-state index in [1.807, 2.05) is 0 Å². The minimum atomic E-state index is -0.686. The van der Waals surface area contributed by atoms with E-state index in [4.69, 9.17) is 10.5 Å². The third kappa shape index (κ3) is 4.16. The van der Waals surface area contributed by atoms with Gasteiger partial charge in [0.2, 0.25) is 0 Å². The Labute approximate surface area is 113 Å². The molecule has 0 spiro atoms. The first-order valence-electron chi connectivity index (χ1n) is 6.64.